The predicted octanol–water partition coefficient (Wildman–Crippen LogP) is 3.51. The SMILES string of the molecule is CCCCOc1ccc(C(=O)N2CCNC(C)C2C)cc1OCC.Cl. The lowest BCUT2D eigenvalue weighted by Gasteiger charge is -2.38. The molecule has 0 radical (unpaired) electrons. The quantitative estimate of drug-likeness (QED) is 0.746. The van der Waals surface area contributed by atoms with E-state index in [4.69, 9.17) is 9.47 Å². The first-order valence-corrected chi connectivity index (χ1v) is 9.02. The van der Waals surface area contributed by atoms with Crippen molar-refractivity contribution < 1.29 is 14.3 Å². The Labute approximate surface area is 157 Å². The Kier molecular flexibility index (Phi) is 9.08. The topological polar surface area (TPSA) is 50.8 Å². The highest BCUT2D eigenvalue weighted by molar-refractivity contribution is 5.95. The summed E-state index contributed by atoms with van der Waals surface area (Å²) in [5.41, 5.74) is 0.655. The predicted molar refractivity (Wildman–Crippen MR) is 103 cm³/mol. The van der Waals surface area contributed by atoms with Gasteiger partial charge in [-0.1, -0.05) is 13.3 Å². The standard InChI is InChI=1S/C19H30N2O3.ClH/c1-5-7-12-24-17-9-8-16(13-18(17)23-6-2)19(22)21-11-10-20-14(3)15(21)4;/h8-9,13-15,20H,5-7,10-12H2,1-4H3;1H. The molecule has 25 heavy (non-hydrogen) atoms. The van der Waals surface area contributed by atoms with Crippen LogP contribution in [0.4, 0.5) is 0 Å². The molecule has 1 aliphatic heterocycles. The summed E-state index contributed by atoms with van der Waals surface area (Å²) in [7, 11) is 0. The average Bonchev–Trinajstić information content (AvgIpc) is 2.58. The first-order chi connectivity index (χ1) is 11.6. The van der Waals surface area contributed by atoms with Crippen LogP contribution in [0.1, 0.15) is 50.9 Å². The fourth-order valence-corrected chi connectivity index (χ4v) is 2.86. The monoisotopic (exact) mass is 370 g/mol. The molecule has 1 aliphatic rings. The number of amides is 1. The molecular formula is C19H31ClN2O3. The van der Waals surface area contributed by atoms with Crippen molar-refractivity contribution in [1.82, 2.24) is 10.2 Å². The molecule has 2 atom stereocenters. The van der Waals surface area contributed by atoms with Gasteiger partial charge in [0.15, 0.2) is 11.5 Å². The molecule has 2 rings (SSSR count). The summed E-state index contributed by atoms with van der Waals surface area (Å²) in [6.07, 6.45) is 2.09. The Bertz CT molecular complexity index is 553. The van der Waals surface area contributed by atoms with Gasteiger partial charge < -0.3 is 19.7 Å². The normalized spacial score (nSPS) is 19.9. The van der Waals surface area contributed by atoms with E-state index in [0.29, 0.717) is 36.3 Å². The zero-order valence-electron chi connectivity index (χ0n) is 15.7. The number of carbonyl (C=O) groups excluding carboxylic acids is 1. The van der Waals surface area contributed by atoms with Crippen molar-refractivity contribution in [2.75, 3.05) is 26.3 Å². The molecule has 0 aromatic heterocycles. The minimum absolute atomic E-state index is 0. The zero-order chi connectivity index (χ0) is 17.5. The molecule has 5 nitrogen and oxygen atoms in total. The Morgan fingerprint density at radius 2 is 2.00 bits per heavy atom. The van der Waals surface area contributed by atoms with E-state index in [1.165, 1.54) is 0 Å². The highest BCUT2D eigenvalue weighted by Gasteiger charge is 2.29. The van der Waals surface area contributed by atoms with Crippen LogP contribution in [0, 0.1) is 0 Å². The van der Waals surface area contributed by atoms with Crippen molar-refractivity contribution in [3.05, 3.63) is 23.8 Å². The van der Waals surface area contributed by atoms with E-state index in [1.54, 1.807) is 0 Å². The Morgan fingerprint density at radius 3 is 2.68 bits per heavy atom. The maximum absolute atomic E-state index is 12.9. The van der Waals surface area contributed by atoms with Gasteiger partial charge in [-0.2, -0.15) is 0 Å². The van der Waals surface area contributed by atoms with Gasteiger partial charge in [0.25, 0.3) is 5.91 Å². The fraction of sp³-hybridized carbons (Fsp3) is 0.632. The summed E-state index contributed by atoms with van der Waals surface area (Å²) in [4.78, 5) is 14.8. The second-order valence-electron chi connectivity index (χ2n) is 6.28. The van der Waals surface area contributed by atoms with Gasteiger partial charge in [-0.15, -0.1) is 12.4 Å². The number of unbranched alkanes of at least 4 members (excludes halogenated alkanes) is 1. The van der Waals surface area contributed by atoms with Crippen molar-refractivity contribution in [3.63, 3.8) is 0 Å². The van der Waals surface area contributed by atoms with Gasteiger partial charge in [0.2, 0.25) is 0 Å². The number of nitrogens with one attached hydrogen (secondary N) is 1. The van der Waals surface area contributed by atoms with E-state index in [0.717, 1.165) is 25.9 Å². The maximum Gasteiger partial charge on any atom is 0.254 e. The van der Waals surface area contributed by atoms with Crippen molar-refractivity contribution in [2.24, 2.45) is 0 Å². The van der Waals surface area contributed by atoms with Gasteiger partial charge in [-0.3, -0.25) is 4.79 Å². The minimum atomic E-state index is 0. The van der Waals surface area contributed by atoms with Crippen LogP contribution in [0.25, 0.3) is 0 Å². The van der Waals surface area contributed by atoms with Crippen LogP contribution in [0.15, 0.2) is 18.2 Å². The van der Waals surface area contributed by atoms with Gasteiger partial charge >= 0.3 is 0 Å². The fourth-order valence-electron chi connectivity index (χ4n) is 2.86. The molecule has 1 fully saturated rings. The van der Waals surface area contributed by atoms with Crippen LogP contribution < -0.4 is 14.8 Å². The van der Waals surface area contributed by atoms with Gasteiger partial charge in [0.05, 0.1) is 13.2 Å². The maximum atomic E-state index is 12.9. The summed E-state index contributed by atoms with van der Waals surface area (Å²) in [5.74, 6) is 1.41. The number of piperazine rings is 1. The first-order valence-electron chi connectivity index (χ1n) is 9.02. The number of benzene rings is 1. The van der Waals surface area contributed by atoms with Crippen molar-refractivity contribution in [1.29, 1.82) is 0 Å². The third kappa shape index (κ3) is 5.51. The van der Waals surface area contributed by atoms with Crippen LogP contribution in [-0.2, 0) is 0 Å². The molecule has 1 N–H and O–H groups in total. The van der Waals surface area contributed by atoms with E-state index in [-0.39, 0.29) is 24.4 Å². The van der Waals surface area contributed by atoms with E-state index in [1.807, 2.05) is 30.0 Å². The van der Waals surface area contributed by atoms with Crippen LogP contribution >= 0.6 is 12.4 Å². The van der Waals surface area contributed by atoms with Gasteiger partial charge in [0.1, 0.15) is 0 Å². The lowest BCUT2D eigenvalue weighted by Crippen LogP contribution is -2.57. The average molecular weight is 371 g/mol. The summed E-state index contributed by atoms with van der Waals surface area (Å²) >= 11 is 0. The van der Waals surface area contributed by atoms with Crippen molar-refractivity contribution in [3.8, 4) is 11.5 Å². The Hall–Kier alpha value is -1.46. The molecular weight excluding hydrogens is 340 g/mol. The highest BCUT2D eigenvalue weighted by atomic mass is 35.5. The van der Waals surface area contributed by atoms with Crippen molar-refractivity contribution >= 4 is 18.3 Å². The van der Waals surface area contributed by atoms with E-state index in [9.17, 15) is 4.79 Å². The summed E-state index contributed by atoms with van der Waals surface area (Å²) in [6.45, 7) is 11.0. The molecule has 1 aromatic rings. The Balaban J connectivity index is 0.00000312. The zero-order valence-corrected chi connectivity index (χ0v) is 16.5. The molecule has 2 unspecified atom stereocenters. The molecule has 142 valence electrons. The Morgan fingerprint density at radius 1 is 1.24 bits per heavy atom. The lowest BCUT2D eigenvalue weighted by molar-refractivity contribution is 0.0602. The van der Waals surface area contributed by atoms with Crippen LogP contribution in [0.2, 0.25) is 0 Å². The van der Waals surface area contributed by atoms with Crippen LogP contribution in [0.5, 0.6) is 11.5 Å². The molecule has 0 aliphatic carbocycles. The number of hydrogen-bond donors (Lipinski definition) is 1. The van der Waals surface area contributed by atoms with Gasteiger partial charge in [-0.25, -0.2) is 0 Å². The number of carbonyl (C=O) groups is 1. The first kappa shape index (κ1) is 21.6. The van der Waals surface area contributed by atoms with Gasteiger partial charge in [0, 0.05) is 30.7 Å². The third-order valence-electron chi connectivity index (χ3n) is 4.54. The number of rotatable bonds is 7. The smallest absolute Gasteiger partial charge is 0.254 e. The van der Waals surface area contributed by atoms with E-state index < -0.39 is 0 Å². The lowest BCUT2D eigenvalue weighted by atomic mass is 10.0. The molecule has 1 amide bonds. The van der Waals surface area contributed by atoms with Gasteiger partial charge in [-0.05, 0) is 45.4 Å². The van der Waals surface area contributed by atoms with Crippen LogP contribution in [0.3, 0.4) is 0 Å². The van der Waals surface area contributed by atoms with E-state index >= 15 is 0 Å². The molecule has 0 saturated carbocycles. The molecule has 0 spiro atoms. The minimum Gasteiger partial charge on any atom is -0.490 e. The molecule has 6 heteroatoms. The number of ether oxygens (including phenoxy) is 2. The van der Waals surface area contributed by atoms with Crippen LogP contribution in [-0.4, -0.2) is 49.2 Å². The molecule has 1 aromatic carbocycles. The number of halogens is 1. The highest BCUT2D eigenvalue weighted by Crippen LogP contribution is 2.29. The second-order valence-corrected chi connectivity index (χ2v) is 6.28. The largest absolute Gasteiger partial charge is 0.490 e. The second kappa shape index (κ2) is 10.5. The summed E-state index contributed by atoms with van der Waals surface area (Å²) in [6, 6.07) is 5.97. The van der Waals surface area contributed by atoms with Crippen molar-refractivity contribution in [2.45, 2.75) is 52.6 Å². The molecule has 1 saturated heterocycles. The van der Waals surface area contributed by atoms with E-state index in [2.05, 4.69) is 26.1 Å². The summed E-state index contributed by atoms with van der Waals surface area (Å²) in [5, 5.41) is 3.40. The molecule has 1 heterocycles. The third-order valence-corrected chi connectivity index (χ3v) is 4.54. The number of nitrogens with zero attached hydrogens (tertiary/aromatic N) is 1. The summed E-state index contributed by atoms with van der Waals surface area (Å²) < 4.78 is 11.5. The molecule has 0 bridgehead atoms. The number of hydrogen-bond acceptors (Lipinski definition) is 4.